The van der Waals surface area contributed by atoms with E-state index in [0.717, 1.165) is 16.3 Å². The van der Waals surface area contributed by atoms with Crippen molar-refractivity contribution in [2.24, 2.45) is 4.99 Å². The van der Waals surface area contributed by atoms with Gasteiger partial charge < -0.3 is 14.1 Å². The van der Waals surface area contributed by atoms with Gasteiger partial charge in [0.1, 0.15) is 17.6 Å². The summed E-state index contributed by atoms with van der Waals surface area (Å²) in [5.74, 6) is 1.05. The highest BCUT2D eigenvalue weighted by atomic mass is 32.1. The van der Waals surface area contributed by atoms with Crippen molar-refractivity contribution in [1.82, 2.24) is 9.47 Å². The fraction of sp³-hybridized carbons (Fsp3) is 0.250. The number of carbonyl (C=O) groups excluding carboxylic acids is 1. The Morgan fingerprint density at radius 3 is 2.64 bits per heavy atom. The highest BCUT2D eigenvalue weighted by molar-refractivity contribution is 7.07. The lowest BCUT2D eigenvalue weighted by atomic mass is 9.90. The van der Waals surface area contributed by atoms with Crippen LogP contribution in [-0.2, 0) is 4.79 Å². The first-order valence-electron chi connectivity index (χ1n) is 11.9. The topological polar surface area (TPSA) is 77.0 Å². The Balaban J connectivity index is 1.87. The monoisotopic (exact) mass is 501 g/mol. The van der Waals surface area contributed by atoms with E-state index >= 15 is 0 Å². The molecule has 3 heterocycles. The number of amides is 1. The number of allylic oxidation sites excluding steroid dienone is 1. The third kappa shape index (κ3) is 3.87. The number of hydrogen-bond acceptors (Lipinski definition) is 6. The van der Waals surface area contributed by atoms with Crippen LogP contribution in [0.25, 0.3) is 16.8 Å². The Hall–Kier alpha value is -3.91. The summed E-state index contributed by atoms with van der Waals surface area (Å²) in [4.78, 5) is 34.8. The fourth-order valence-electron chi connectivity index (χ4n) is 4.79. The number of hydrogen-bond donors (Lipinski definition) is 0. The zero-order valence-electron chi connectivity index (χ0n) is 20.6. The molecule has 8 heteroatoms. The van der Waals surface area contributed by atoms with Crippen molar-refractivity contribution < 1.29 is 13.9 Å². The van der Waals surface area contributed by atoms with E-state index in [1.165, 1.54) is 11.3 Å². The van der Waals surface area contributed by atoms with Gasteiger partial charge in [-0.3, -0.25) is 14.2 Å². The second-order valence-electron chi connectivity index (χ2n) is 8.48. The van der Waals surface area contributed by atoms with Crippen molar-refractivity contribution >= 4 is 34.1 Å². The Bertz CT molecular complexity index is 1660. The predicted molar refractivity (Wildman–Crippen MR) is 141 cm³/mol. The number of aromatic nitrogens is 1. The van der Waals surface area contributed by atoms with Gasteiger partial charge in [0.05, 0.1) is 29.2 Å². The third-order valence-corrected chi connectivity index (χ3v) is 7.53. The minimum atomic E-state index is -0.700. The first-order chi connectivity index (χ1) is 17.5. The average Bonchev–Trinajstić information content (AvgIpc) is 3.51. The molecule has 0 fully saturated rings. The van der Waals surface area contributed by atoms with Gasteiger partial charge in [-0.15, -0.1) is 0 Å². The van der Waals surface area contributed by atoms with Crippen LogP contribution in [0.1, 0.15) is 38.1 Å². The van der Waals surface area contributed by atoms with E-state index in [0.29, 0.717) is 45.2 Å². The number of likely N-dealkylation sites (N-methyl/N-ethyl adjacent to an activating group) is 1. The summed E-state index contributed by atoms with van der Waals surface area (Å²) in [7, 11) is 1.61. The van der Waals surface area contributed by atoms with E-state index < -0.39 is 6.04 Å². The van der Waals surface area contributed by atoms with Crippen molar-refractivity contribution in [3.05, 3.63) is 97.1 Å². The van der Waals surface area contributed by atoms with Crippen LogP contribution in [0, 0.1) is 0 Å². The van der Waals surface area contributed by atoms with Crippen LogP contribution < -0.4 is 19.6 Å². The molecule has 2 aromatic heterocycles. The van der Waals surface area contributed by atoms with Crippen LogP contribution in [0.5, 0.6) is 5.75 Å². The molecule has 1 atom stereocenters. The molecule has 184 valence electrons. The maximum absolute atomic E-state index is 13.9. The molecule has 1 amide bonds. The van der Waals surface area contributed by atoms with Gasteiger partial charge in [-0.25, -0.2) is 4.99 Å². The first-order valence-corrected chi connectivity index (χ1v) is 12.7. The second-order valence-corrected chi connectivity index (χ2v) is 9.49. The van der Waals surface area contributed by atoms with E-state index in [1.807, 2.05) is 57.2 Å². The molecule has 36 heavy (non-hydrogen) atoms. The summed E-state index contributed by atoms with van der Waals surface area (Å²) < 4.78 is 13.4. The Labute approximate surface area is 212 Å². The van der Waals surface area contributed by atoms with E-state index in [4.69, 9.17) is 14.1 Å². The Morgan fingerprint density at radius 1 is 1.17 bits per heavy atom. The molecule has 1 aliphatic rings. The van der Waals surface area contributed by atoms with Crippen LogP contribution in [0.2, 0.25) is 0 Å². The van der Waals surface area contributed by atoms with Crippen LogP contribution >= 0.6 is 11.3 Å². The molecule has 0 saturated heterocycles. The molecule has 4 aromatic rings. The summed E-state index contributed by atoms with van der Waals surface area (Å²) in [5.41, 5.74) is 1.61. The largest absolute Gasteiger partial charge is 0.496 e. The maximum Gasteiger partial charge on any atom is 0.271 e. The lowest BCUT2D eigenvalue weighted by Crippen LogP contribution is -2.43. The number of furan rings is 1. The number of ether oxygens (including phenoxy) is 1. The standard InChI is InChI=1S/C28H27N3O4S/c1-5-30(6-2)27(33)23-17(3)29-28-31(26(32)22(36-28)16-19-11-9-15-35-19)25(23)24-20-12-8-7-10-18(20)13-14-21(24)34-4/h7-16,25H,5-6H2,1-4H3/b22-16+/t25-/m1/s1. The molecular formula is C28H27N3O4S. The van der Waals surface area contributed by atoms with Crippen LogP contribution in [0.15, 0.2) is 80.3 Å². The van der Waals surface area contributed by atoms with E-state index in [9.17, 15) is 9.59 Å². The summed E-state index contributed by atoms with van der Waals surface area (Å²) in [6.45, 7) is 6.83. The number of fused-ring (bicyclic) bond motifs is 2. The van der Waals surface area contributed by atoms with Gasteiger partial charge in [0.25, 0.3) is 11.5 Å². The smallest absolute Gasteiger partial charge is 0.271 e. The van der Waals surface area contributed by atoms with Crippen LogP contribution in [0.3, 0.4) is 0 Å². The average molecular weight is 502 g/mol. The van der Waals surface area contributed by atoms with Crippen molar-refractivity contribution in [3.63, 3.8) is 0 Å². The van der Waals surface area contributed by atoms with Crippen molar-refractivity contribution in [3.8, 4) is 5.75 Å². The molecule has 0 aliphatic carbocycles. The normalized spacial score (nSPS) is 15.7. The second kappa shape index (κ2) is 9.62. The molecule has 0 saturated carbocycles. The van der Waals surface area contributed by atoms with Crippen molar-refractivity contribution in [2.75, 3.05) is 20.2 Å². The lowest BCUT2D eigenvalue weighted by molar-refractivity contribution is -0.127. The number of benzene rings is 2. The van der Waals surface area contributed by atoms with E-state index in [2.05, 4.69) is 0 Å². The summed E-state index contributed by atoms with van der Waals surface area (Å²) >= 11 is 1.28. The Kier molecular flexibility index (Phi) is 6.36. The maximum atomic E-state index is 13.9. The minimum absolute atomic E-state index is 0.137. The van der Waals surface area contributed by atoms with Crippen molar-refractivity contribution in [2.45, 2.75) is 26.8 Å². The zero-order chi connectivity index (χ0) is 25.4. The molecule has 5 rings (SSSR count). The minimum Gasteiger partial charge on any atom is -0.496 e. The van der Waals surface area contributed by atoms with Crippen LogP contribution in [0.4, 0.5) is 0 Å². The Morgan fingerprint density at radius 2 is 1.94 bits per heavy atom. The van der Waals surface area contributed by atoms with Gasteiger partial charge in [0, 0.05) is 24.7 Å². The van der Waals surface area contributed by atoms with Crippen LogP contribution in [-0.4, -0.2) is 35.6 Å². The van der Waals surface area contributed by atoms with Crippen molar-refractivity contribution in [1.29, 1.82) is 0 Å². The SMILES string of the molecule is CCN(CC)C(=O)C1=C(C)N=c2s/c(=C/c3ccco3)c(=O)n2[C@H]1c1c(OC)ccc2ccccc12. The van der Waals surface area contributed by atoms with Gasteiger partial charge in [-0.1, -0.05) is 41.7 Å². The van der Waals surface area contributed by atoms with Gasteiger partial charge in [0.2, 0.25) is 0 Å². The van der Waals surface area contributed by atoms with Gasteiger partial charge >= 0.3 is 0 Å². The fourth-order valence-corrected chi connectivity index (χ4v) is 5.81. The van der Waals surface area contributed by atoms with E-state index in [-0.39, 0.29) is 11.5 Å². The lowest BCUT2D eigenvalue weighted by Gasteiger charge is -2.30. The highest BCUT2D eigenvalue weighted by Gasteiger charge is 2.36. The highest BCUT2D eigenvalue weighted by Crippen LogP contribution is 2.40. The quantitative estimate of drug-likeness (QED) is 0.402. The van der Waals surface area contributed by atoms with Gasteiger partial charge in [-0.05, 0) is 49.7 Å². The molecule has 1 aliphatic heterocycles. The molecule has 0 bridgehead atoms. The number of methoxy groups -OCH3 is 1. The molecule has 0 radical (unpaired) electrons. The summed E-state index contributed by atoms with van der Waals surface area (Å²) in [6.07, 6.45) is 3.28. The third-order valence-electron chi connectivity index (χ3n) is 6.54. The zero-order valence-corrected chi connectivity index (χ0v) is 21.5. The summed E-state index contributed by atoms with van der Waals surface area (Å²) in [5, 5.41) is 1.91. The molecule has 0 unspecified atom stereocenters. The summed E-state index contributed by atoms with van der Waals surface area (Å²) in [6, 6.07) is 14.7. The molecule has 0 N–H and O–H groups in total. The van der Waals surface area contributed by atoms with Gasteiger partial charge in [-0.2, -0.15) is 0 Å². The van der Waals surface area contributed by atoms with E-state index in [1.54, 1.807) is 41.0 Å². The molecule has 7 nitrogen and oxygen atoms in total. The first kappa shape index (κ1) is 23.8. The number of nitrogens with zero attached hydrogens (tertiary/aromatic N) is 3. The number of thiazole rings is 1. The molecule has 0 spiro atoms. The molecular weight excluding hydrogens is 474 g/mol. The number of rotatable bonds is 6. The van der Waals surface area contributed by atoms with Gasteiger partial charge in [0.15, 0.2) is 4.80 Å². The predicted octanol–water partition coefficient (Wildman–Crippen LogP) is 3.86. The number of carbonyl (C=O) groups is 1. The molecule has 2 aromatic carbocycles.